The van der Waals surface area contributed by atoms with Crippen molar-refractivity contribution in [2.45, 2.75) is 26.5 Å². The Morgan fingerprint density at radius 1 is 1.75 bits per heavy atom. The zero-order valence-corrected chi connectivity index (χ0v) is 7.19. The van der Waals surface area contributed by atoms with Crippen LogP contribution < -0.4 is 5.69 Å². The summed E-state index contributed by atoms with van der Waals surface area (Å²) in [6.07, 6.45) is 2.68. The summed E-state index contributed by atoms with van der Waals surface area (Å²) in [7, 11) is 0. The second kappa shape index (κ2) is 3.49. The zero-order chi connectivity index (χ0) is 9.14. The van der Waals surface area contributed by atoms with Crippen LogP contribution in [-0.2, 0) is 6.54 Å². The van der Waals surface area contributed by atoms with Crippen molar-refractivity contribution in [2.24, 2.45) is 0 Å². The van der Waals surface area contributed by atoms with Crippen LogP contribution in [0.4, 0.5) is 0 Å². The van der Waals surface area contributed by atoms with Crippen LogP contribution in [-0.4, -0.2) is 20.8 Å². The molecule has 0 bridgehead atoms. The molecule has 1 N–H and O–H groups in total. The number of nitrogens with zero attached hydrogens (tertiary/aromatic N) is 2. The van der Waals surface area contributed by atoms with Crippen molar-refractivity contribution in [2.75, 3.05) is 0 Å². The van der Waals surface area contributed by atoms with Gasteiger partial charge < -0.3 is 5.11 Å². The summed E-state index contributed by atoms with van der Waals surface area (Å²) >= 11 is 0. The molecule has 0 aromatic carbocycles. The highest BCUT2D eigenvalue weighted by molar-refractivity contribution is 4.99. The molecular weight excluding hydrogens is 156 g/mol. The normalized spacial score (nSPS) is 12.9. The van der Waals surface area contributed by atoms with Gasteiger partial charge in [0.05, 0.1) is 12.6 Å². The first kappa shape index (κ1) is 8.93. The molecule has 4 heteroatoms. The molecule has 1 aromatic rings. The van der Waals surface area contributed by atoms with E-state index in [2.05, 4.69) is 4.98 Å². The smallest absolute Gasteiger partial charge is 0.347 e. The van der Waals surface area contributed by atoms with Gasteiger partial charge in [-0.3, -0.25) is 4.57 Å². The molecule has 1 aromatic heterocycles. The maximum absolute atomic E-state index is 11.0. The molecule has 0 aliphatic heterocycles. The Kier molecular flexibility index (Phi) is 2.60. The maximum atomic E-state index is 11.0. The maximum Gasteiger partial charge on any atom is 0.347 e. The topological polar surface area (TPSA) is 55.1 Å². The number of hydrogen-bond donors (Lipinski definition) is 1. The van der Waals surface area contributed by atoms with Crippen LogP contribution in [0.25, 0.3) is 0 Å². The van der Waals surface area contributed by atoms with Crippen LogP contribution in [0, 0.1) is 6.92 Å². The first-order chi connectivity index (χ1) is 5.59. The molecule has 0 unspecified atom stereocenters. The second-order valence-electron chi connectivity index (χ2n) is 2.92. The molecule has 66 valence electrons. The molecule has 0 saturated carbocycles. The predicted molar refractivity (Wildman–Crippen MR) is 44.9 cm³/mol. The van der Waals surface area contributed by atoms with Gasteiger partial charge in [-0.25, -0.2) is 9.78 Å². The van der Waals surface area contributed by atoms with Gasteiger partial charge in [0.15, 0.2) is 0 Å². The van der Waals surface area contributed by atoms with Crippen molar-refractivity contribution >= 4 is 0 Å². The average Bonchev–Trinajstić information content (AvgIpc) is 1.96. The molecule has 1 atom stereocenters. The van der Waals surface area contributed by atoms with E-state index < -0.39 is 6.10 Å². The van der Waals surface area contributed by atoms with Crippen LogP contribution in [0.1, 0.15) is 12.5 Å². The number of rotatable bonds is 2. The SMILES string of the molecule is Cc1cnc(=O)n(C[C@@H](C)O)c1. The fraction of sp³-hybridized carbons (Fsp3) is 0.500. The first-order valence-corrected chi connectivity index (χ1v) is 3.81. The summed E-state index contributed by atoms with van der Waals surface area (Å²) in [6, 6.07) is 0. The van der Waals surface area contributed by atoms with Crippen LogP contribution in [0.15, 0.2) is 17.2 Å². The second-order valence-corrected chi connectivity index (χ2v) is 2.92. The molecule has 4 nitrogen and oxygen atoms in total. The zero-order valence-electron chi connectivity index (χ0n) is 7.19. The van der Waals surface area contributed by atoms with E-state index in [0.29, 0.717) is 6.54 Å². The first-order valence-electron chi connectivity index (χ1n) is 3.81. The Morgan fingerprint density at radius 2 is 2.42 bits per heavy atom. The van der Waals surface area contributed by atoms with Crippen molar-refractivity contribution in [3.63, 3.8) is 0 Å². The Morgan fingerprint density at radius 3 is 3.00 bits per heavy atom. The monoisotopic (exact) mass is 168 g/mol. The molecule has 0 amide bonds. The molecule has 12 heavy (non-hydrogen) atoms. The van der Waals surface area contributed by atoms with Crippen LogP contribution in [0.2, 0.25) is 0 Å². The van der Waals surface area contributed by atoms with Crippen molar-refractivity contribution in [3.05, 3.63) is 28.4 Å². The number of hydrogen-bond acceptors (Lipinski definition) is 3. The highest BCUT2D eigenvalue weighted by atomic mass is 16.3. The summed E-state index contributed by atoms with van der Waals surface area (Å²) in [5.41, 5.74) is 0.594. The molecule has 1 rings (SSSR count). The minimum Gasteiger partial charge on any atom is -0.392 e. The summed E-state index contributed by atoms with van der Waals surface area (Å²) in [4.78, 5) is 14.7. The Balaban J connectivity index is 2.98. The van der Waals surface area contributed by atoms with E-state index in [0.717, 1.165) is 5.56 Å². The highest BCUT2D eigenvalue weighted by Crippen LogP contribution is 1.91. The predicted octanol–water partition coefficient (Wildman–Crippen LogP) is -0.0675. The number of aryl methyl sites for hydroxylation is 1. The molecule has 0 saturated heterocycles. The van der Waals surface area contributed by atoms with Gasteiger partial charge in [-0.15, -0.1) is 0 Å². The minimum atomic E-state index is -0.522. The van der Waals surface area contributed by atoms with Gasteiger partial charge in [0.25, 0.3) is 0 Å². The summed E-state index contributed by atoms with van der Waals surface area (Å²) in [5, 5.41) is 9.03. The lowest BCUT2D eigenvalue weighted by atomic mass is 10.3. The van der Waals surface area contributed by atoms with E-state index >= 15 is 0 Å². The number of aliphatic hydroxyl groups is 1. The van der Waals surface area contributed by atoms with Gasteiger partial charge in [-0.1, -0.05) is 0 Å². The van der Waals surface area contributed by atoms with Gasteiger partial charge in [0, 0.05) is 12.4 Å². The number of aromatic nitrogens is 2. The van der Waals surface area contributed by atoms with Gasteiger partial charge in [0.2, 0.25) is 0 Å². The third-order valence-corrected chi connectivity index (χ3v) is 1.44. The average molecular weight is 168 g/mol. The molecular formula is C8H12N2O2. The van der Waals surface area contributed by atoms with Gasteiger partial charge in [-0.2, -0.15) is 0 Å². The van der Waals surface area contributed by atoms with E-state index in [1.807, 2.05) is 6.92 Å². The quantitative estimate of drug-likeness (QED) is 0.672. The Labute approximate surface area is 70.5 Å². The minimum absolute atomic E-state index is 0.299. The van der Waals surface area contributed by atoms with E-state index in [1.165, 1.54) is 10.8 Å². The third-order valence-electron chi connectivity index (χ3n) is 1.44. The van der Waals surface area contributed by atoms with Crippen molar-refractivity contribution in [3.8, 4) is 0 Å². The molecule has 0 fully saturated rings. The summed E-state index contributed by atoms with van der Waals surface area (Å²) < 4.78 is 1.40. The van der Waals surface area contributed by atoms with Crippen molar-refractivity contribution < 1.29 is 5.11 Å². The Bertz CT molecular complexity index is 317. The summed E-state index contributed by atoms with van der Waals surface area (Å²) in [5.74, 6) is 0. The fourth-order valence-corrected chi connectivity index (χ4v) is 0.981. The van der Waals surface area contributed by atoms with E-state index in [1.54, 1.807) is 13.1 Å². The van der Waals surface area contributed by atoms with E-state index in [4.69, 9.17) is 5.11 Å². The third kappa shape index (κ3) is 2.17. The molecule has 1 heterocycles. The molecule has 0 aliphatic carbocycles. The van der Waals surface area contributed by atoms with Crippen molar-refractivity contribution in [1.82, 2.24) is 9.55 Å². The largest absolute Gasteiger partial charge is 0.392 e. The molecule has 0 aliphatic rings. The van der Waals surface area contributed by atoms with Crippen LogP contribution >= 0.6 is 0 Å². The lowest BCUT2D eigenvalue weighted by Crippen LogP contribution is -2.26. The van der Waals surface area contributed by atoms with Gasteiger partial charge in [0.1, 0.15) is 0 Å². The lowest BCUT2D eigenvalue weighted by molar-refractivity contribution is 0.171. The van der Waals surface area contributed by atoms with Crippen LogP contribution in [0.3, 0.4) is 0 Å². The van der Waals surface area contributed by atoms with Gasteiger partial charge in [-0.05, 0) is 19.4 Å². The Hall–Kier alpha value is -1.16. The molecule has 0 spiro atoms. The van der Waals surface area contributed by atoms with E-state index in [-0.39, 0.29) is 5.69 Å². The number of aliphatic hydroxyl groups excluding tert-OH is 1. The van der Waals surface area contributed by atoms with Gasteiger partial charge >= 0.3 is 5.69 Å². The highest BCUT2D eigenvalue weighted by Gasteiger charge is 2.00. The summed E-state index contributed by atoms with van der Waals surface area (Å²) in [6.45, 7) is 3.78. The standard InChI is InChI=1S/C8H12N2O2/c1-6-3-9-8(12)10(4-6)5-7(2)11/h3-4,7,11H,5H2,1-2H3/t7-/m1/s1. The fourth-order valence-electron chi connectivity index (χ4n) is 0.981. The molecule has 0 radical (unpaired) electrons. The van der Waals surface area contributed by atoms with Crippen molar-refractivity contribution in [1.29, 1.82) is 0 Å². The lowest BCUT2D eigenvalue weighted by Gasteiger charge is -2.06. The van der Waals surface area contributed by atoms with E-state index in [9.17, 15) is 4.79 Å². The van der Waals surface area contributed by atoms with Crippen LogP contribution in [0.5, 0.6) is 0 Å².